The van der Waals surface area contributed by atoms with Crippen LogP contribution in [0.5, 0.6) is 0 Å². The Balaban J connectivity index is 1.76. The molecule has 0 amide bonds. The fraction of sp³-hybridized carbons (Fsp3) is 0. The van der Waals surface area contributed by atoms with E-state index in [1.54, 1.807) is 42.9 Å². The monoisotopic (exact) mass is 308 g/mol. The standard InChI is InChI=1S/C18H13ClN2O/c19-17-4-2-1-3-16(17)18(22)10-7-14-5-8-15(9-6-14)21-12-11-20-13-21/h1-13H/b10-7+. The summed E-state index contributed by atoms with van der Waals surface area (Å²) in [6.07, 6.45) is 8.67. The molecule has 0 N–H and O–H groups in total. The van der Waals surface area contributed by atoms with Gasteiger partial charge in [0.1, 0.15) is 0 Å². The lowest BCUT2D eigenvalue weighted by Crippen LogP contribution is -1.94. The first-order valence-electron chi connectivity index (χ1n) is 6.79. The normalized spacial score (nSPS) is 11.0. The molecule has 0 atom stereocenters. The second kappa shape index (κ2) is 6.41. The Morgan fingerprint density at radius 3 is 2.55 bits per heavy atom. The van der Waals surface area contributed by atoms with E-state index in [0.29, 0.717) is 10.6 Å². The average Bonchev–Trinajstić information content (AvgIpc) is 3.08. The van der Waals surface area contributed by atoms with Gasteiger partial charge < -0.3 is 4.57 Å². The number of carbonyl (C=O) groups is 1. The van der Waals surface area contributed by atoms with Gasteiger partial charge in [-0.1, -0.05) is 41.9 Å². The zero-order valence-electron chi connectivity index (χ0n) is 11.7. The molecule has 3 nitrogen and oxygen atoms in total. The molecule has 0 radical (unpaired) electrons. The molecule has 108 valence electrons. The Hall–Kier alpha value is -2.65. The summed E-state index contributed by atoms with van der Waals surface area (Å²) in [5, 5.41) is 0.465. The molecule has 4 heteroatoms. The van der Waals surface area contributed by atoms with Gasteiger partial charge in [-0.2, -0.15) is 0 Å². The highest BCUT2D eigenvalue weighted by Gasteiger charge is 2.05. The second-order valence-electron chi connectivity index (χ2n) is 4.74. The summed E-state index contributed by atoms with van der Waals surface area (Å²) in [5.74, 6) is -0.107. The number of benzene rings is 2. The molecule has 0 aliphatic rings. The predicted molar refractivity (Wildman–Crippen MR) is 88.4 cm³/mol. The van der Waals surface area contributed by atoms with E-state index < -0.39 is 0 Å². The molecule has 3 aromatic rings. The number of hydrogen-bond acceptors (Lipinski definition) is 2. The molecule has 1 aromatic heterocycles. The summed E-state index contributed by atoms with van der Waals surface area (Å²) in [4.78, 5) is 16.1. The molecule has 2 aromatic carbocycles. The summed E-state index contributed by atoms with van der Waals surface area (Å²) in [7, 11) is 0. The molecule has 1 heterocycles. The van der Waals surface area contributed by atoms with Crippen LogP contribution in [0.15, 0.2) is 73.3 Å². The minimum atomic E-state index is -0.107. The number of allylic oxidation sites excluding steroid dienone is 1. The number of hydrogen-bond donors (Lipinski definition) is 0. The van der Waals surface area contributed by atoms with Gasteiger partial charge >= 0.3 is 0 Å². The number of rotatable bonds is 4. The number of carbonyl (C=O) groups excluding carboxylic acids is 1. The average molecular weight is 309 g/mol. The highest BCUT2D eigenvalue weighted by atomic mass is 35.5. The van der Waals surface area contributed by atoms with E-state index in [9.17, 15) is 4.79 Å². The van der Waals surface area contributed by atoms with Crippen molar-refractivity contribution in [2.24, 2.45) is 0 Å². The molecule has 0 aliphatic heterocycles. The zero-order valence-corrected chi connectivity index (χ0v) is 12.4. The van der Waals surface area contributed by atoms with Gasteiger partial charge in [0.05, 0.1) is 11.3 Å². The van der Waals surface area contributed by atoms with Crippen molar-refractivity contribution in [2.45, 2.75) is 0 Å². The molecule has 0 saturated carbocycles. The second-order valence-corrected chi connectivity index (χ2v) is 5.15. The Morgan fingerprint density at radius 2 is 1.86 bits per heavy atom. The SMILES string of the molecule is O=C(/C=C/c1ccc(-n2ccnc2)cc1)c1ccccc1Cl. The fourth-order valence-corrected chi connectivity index (χ4v) is 2.32. The van der Waals surface area contributed by atoms with Crippen LogP contribution in [0, 0.1) is 0 Å². The van der Waals surface area contributed by atoms with Gasteiger partial charge in [-0.05, 0) is 35.9 Å². The van der Waals surface area contributed by atoms with Crippen LogP contribution in [0.25, 0.3) is 11.8 Å². The van der Waals surface area contributed by atoms with Crippen LogP contribution >= 0.6 is 11.6 Å². The van der Waals surface area contributed by atoms with E-state index in [-0.39, 0.29) is 5.78 Å². The van der Waals surface area contributed by atoms with E-state index in [1.807, 2.05) is 35.0 Å². The maximum atomic E-state index is 12.1. The molecular weight excluding hydrogens is 296 g/mol. The van der Waals surface area contributed by atoms with Gasteiger partial charge in [0.15, 0.2) is 5.78 Å². The summed E-state index contributed by atoms with van der Waals surface area (Å²) >= 11 is 6.02. The molecule has 0 saturated heterocycles. The van der Waals surface area contributed by atoms with Crippen molar-refractivity contribution in [1.29, 1.82) is 0 Å². The Morgan fingerprint density at radius 1 is 1.09 bits per heavy atom. The van der Waals surface area contributed by atoms with Crippen molar-refractivity contribution in [3.8, 4) is 5.69 Å². The first-order valence-corrected chi connectivity index (χ1v) is 7.17. The van der Waals surface area contributed by atoms with Gasteiger partial charge in [-0.3, -0.25) is 4.79 Å². The first-order chi connectivity index (χ1) is 10.7. The van der Waals surface area contributed by atoms with Gasteiger partial charge in [0, 0.05) is 23.6 Å². The van der Waals surface area contributed by atoms with E-state index in [4.69, 9.17) is 11.6 Å². The predicted octanol–water partition coefficient (Wildman–Crippen LogP) is 4.42. The van der Waals surface area contributed by atoms with E-state index >= 15 is 0 Å². The van der Waals surface area contributed by atoms with Gasteiger partial charge in [0.2, 0.25) is 0 Å². The summed E-state index contributed by atoms with van der Waals surface area (Å²) in [6.45, 7) is 0. The number of ketones is 1. The van der Waals surface area contributed by atoms with E-state index in [2.05, 4.69) is 4.98 Å². The van der Waals surface area contributed by atoms with Crippen molar-refractivity contribution < 1.29 is 4.79 Å². The van der Waals surface area contributed by atoms with Gasteiger partial charge in [-0.15, -0.1) is 0 Å². The topological polar surface area (TPSA) is 34.9 Å². The first kappa shape index (κ1) is 14.3. The molecular formula is C18H13ClN2O. The maximum absolute atomic E-state index is 12.1. The lowest BCUT2D eigenvalue weighted by atomic mass is 10.1. The van der Waals surface area contributed by atoms with Gasteiger partial charge in [-0.25, -0.2) is 4.98 Å². The molecule has 0 bridgehead atoms. The van der Waals surface area contributed by atoms with Crippen LogP contribution in [0.3, 0.4) is 0 Å². The van der Waals surface area contributed by atoms with Crippen molar-refractivity contribution >= 4 is 23.5 Å². The number of nitrogens with zero attached hydrogens (tertiary/aromatic N) is 2. The largest absolute Gasteiger partial charge is 0.306 e. The van der Waals surface area contributed by atoms with E-state index in [0.717, 1.165) is 11.3 Å². The molecule has 3 rings (SSSR count). The fourth-order valence-electron chi connectivity index (χ4n) is 2.09. The molecule has 0 aliphatic carbocycles. The Bertz CT molecular complexity index is 805. The number of aromatic nitrogens is 2. The maximum Gasteiger partial charge on any atom is 0.187 e. The number of imidazole rings is 1. The summed E-state index contributed by atoms with van der Waals surface area (Å²) in [5.41, 5.74) is 2.48. The molecule has 0 unspecified atom stereocenters. The number of halogens is 1. The van der Waals surface area contributed by atoms with Crippen molar-refractivity contribution in [1.82, 2.24) is 9.55 Å². The Kier molecular flexibility index (Phi) is 4.17. The van der Waals surface area contributed by atoms with E-state index in [1.165, 1.54) is 6.08 Å². The highest BCUT2D eigenvalue weighted by Crippen LogP contribution is 2.17. The lowest BCUT2D eigenvalue weighted by molar-refractivity contribution is 0.104. The van der Waals surface area contributed by atoms with Gasteiger partial charge in [0.25, 0.3) is 0 Å². The third-order valence-electron chi connectivity index (χ3n) is 3.26. The lowest BCUT2D eigenvalue weighted by Gasteiger charge is -2.02. The minimum absolute atomic E-state index is 0.107. The summed E-state index contributed by atoms with van der Waals surface area (Å²) < 4.78 is 1.92. The zero-order chi connectivity index (χ0) is 15.4. The van der Waals surface area contributed by atoms with Crippen LogP contribution in [-0.4, -0.2) is 15.3 Å². The van der Waals surface area contributed by atoms with Crippen molar-refractivity contribution in [2.75, 3.05) is 0 Å². The quantitative estimate of drug-likeness (QED) is 0.528. The minimum Gasteiger partial charge on any atom is -0.306 e. The van der Waals surface area contributed by atoms with Crippen LogP contribution in [0.2, 0.25) is 5.02 Å². The Labute approximate surface area is 133 Å². The third kappa shape index (κ3) is 3.15. The van der Waals surface area contributed by atoms with Crippen LogP contribution in [0.1, 0.15) is 15.9 Å². The molecule has 0 spiro atoms. The molecule has 22 heavy (non-hydrogen) atoms. The van der Waals surface area contributed by atoms with Crippen molar-refractivity contribution in [3.63, 3.8) is 0 Å². The van der Waals surface area contributed by atoms with Crippen LogP contribution in [0.4, 0.5) is 0 Å². The van der Waals surface area contributed by atoms with Crippen LogP contribution < -0.4 is 0 Å². The van der Waals surface area contributed by atoms with Crippen LogP contribution in [-0.2, 0) is 0 Å². The third-order valence-corrected chi connectivity index (χ3v) is 3.59. The van der Waals surface area contributed by atoms with Crippen molar-refractivity contribution in [3.05, 3.63) is 89.5 Å². The highest BCUT2D eigenvalue weighted by molar-refractivity contribution is 6.34. The molecule has 0 fully saturated rings. The summed E-state index contributed by atoms with van der Waals surface area (Å²) in [6, 6.07) is 14.9. The smallest absolute Gasteiger partial charge is 0.187 e.